The lowest BCUT2D eigenvalue weighted by Crippen LogP contribution is -2.06. The molecule has 5 nitrogen and oxygen atoms in total. The molecule has 1 aromatic heterocycles. The minimum absolute atomic E-state index is 0.160. The van der Waals surface area contributed by atoms with Gasteiger partial charge in [-0.05, 0) is 24.9 Å². The molecule has 1 rings (SSSR count). The van der Waals surface area contributed by atoms with E-state index in [9.17, 15) is 0 Å². The summed E-state index contributed by atoms with van der Waals surface area (Å²) in [4.78, 5) is 12.2. The average molecular weight is 263 g/mol. The van der Waals surface area contributed by atoms with E-state index < -0.39 is 0 Å². The van der Waals surface area contributed by atoms with Crippen molar-refractivity contribution >= 4 is 29.3 Å². The molecule has 0 fully saturated rings. The van der Waals surface area contributed by atoms with Crippen molar-refractivity contribution in [3.05, 3.63) is 5.28 Å². The fraction of sp³-hybridized carbons (Fsp3) is 0.667. The van der Waals surface area contributed by atoms with Gasteiger partial charge in [-0.15, -0.1) is 0 Å². The van der Waals surface area contributed by atoms with Crippen LogP contribution in [0.5, 0.6) is 0 Å². The zero-order valence-corrected chi connectivity index (χ0v) is 10.8. The summed E-state index contributed by atoms with van der Waals surface area (Å²) < 4.78 is 0. The molecule has 16 heavy (non-hydrogen) atoms. The number of rotatable bonds is 6. The second kappa shape index (κ2) is 6.88. The number of nitrogens with one attached hydrogen (secondary N) is 1. The van der Waals surface area contributed by atoms with Crippen molar-refractivity contribution in [1.82, 2.24) is 15.0 Å². The average Bonchev–Trinajstić information content (AvgIpc) is 2.17. The molecular weight excluding hydrogens is 248 g/mol. The SMILES string of the molecule is CCNc1nc(Cl)nc(SC(C)CCO)n1. The van der Waals surface area contributed by atoms with Gasteiger partial charge in [0.05, 0.1) is 0 Å². The zero-order valence-electron chi connectivity index (χ0n) is 9.27. The minimum atomic E-state index is 0.160. The number of hydrogen-bond acceptors (Lipinski definition) is 6. The van der Waals surface area contributed by atoms with Gasteiger partial charge in [0.25, 0.3) is 0 Å². The van der Waals surface area contributed by atoms with Crippen molar-refractivity contribution in [3.63, 3.8) is 0 Å². The van der Waals surface area contributed by atoms with Gasteiger partial charge in [-0.2, -0.15) is 15.0 Å². The van der Waals surface area contributed by atoms with Gasteiger partial charge in [-0.1, -0.05) is 18.7 Å². The molecule has 0 aliphatic rings. The van der Waals surface area contributed by atoms with Crippen molar-refractivity contribution in [2.75, 3.05) is 18.5 Å². The van der Waals surface area contributed by atoms with Gasteiger partial charge in [0, 0.05) is 18.4 Å². The van der Waals surface area contributed by atoms with E-state index in [2.05, 4.69) is 20.3 Å². The maximum Gasteiger partial charge on any atom is 0.228 e. The highest BCUT2D eigenvalue weighted by Crippen LogP contribution is 2.23. The standard InChI is InChI=1S/C9H15ClN4OS/c1-3-11-8-12-7(10)13-9(14-8)16-6(2)4-5-15/h6,15H,3-5H2,1-2H3,(H,11,12,13,14). The molecule has 0 aliphatic carbocycles. The smallest absolute Gasteiger partial charge is 0.228 e. The molecule has 0 bridgehead atoms. The summed E-state index contributed by atoms with van der Waals surface area (Å²) in [5.41, 5.74) is 0. The van der Waals surface area contributed by atoms with Crippen LogP contribution in [0.2, 0.25) is 5.28 Å². The summed E-state index contributed by atoms with van der Waals surface area (Å²) in [6.45, 7) is 4.86. The van der Waals surface area contributed by atoms with Crippen LogP contribution in [0.15, 0.2) is 5.16 Å². The third kappa shape index (κ3) is 4.51. The molecule has 0 aromatic carbocycles. The van der Waals surface area contributed by atoms with E-state index in [0.29, 0.717) is 17.5 Å². The fourth-order valence-electron chi connectivity index (χ4n) is 1.04. The van der Waals surface area contributed by atoms with Gasteiger partial charge < -0.3 is 10.4 Å². The monoisotopic (exact) mass is 262 g/mol. The lowest BCUT2D eigenvalue weighted by Gasteiger charge is -2.09. The molecule has 1 unspecified atom stereocenters. The van der Waals surface area contributed by atoms with Gasteiger partial charge >= 0.3 is 0 Å². The number of hydrogen-bond donors (Lipinski definition) is 2. The Kier molecular flexibility index (Phi) is 5.79. The molecule has 0 saturated heterocycles. The first kappa shape index (κ1) is 13.5. The van der Waals surface area contributed by atoms with Crippen LogP contribution in [0.4, 0.5) is 5.95 Å². The maximum atomic E-state index is 8.80. The van der Waals surface area contributed by atoms with Crippen LogP contribution in [-0.2, 0) is 0 Å². The van der Waals surface area contributed by atoms with E-state index >= 15 is 0 Å². The van der Waals surface area contributed by atoms with Crippen LogP contribution in [0.25, 0.3) is 0 Å². The summed E-state index contributed by atoms with van der Waals surface area (Å²) >= 11 is 7.26. The Hall–Kier alpha value is -0.590. The summed E-state index contributed by atoms with van der Waals surface area (Å²) in [5.74, 6) is 0.487. The highest BCUT2D eigenvalue weighted by molar-refractivity contribution is 7.99. The molecule has 1 aromatic rings. The van der Waals surface area contributed by atoms with Gasteiger partial charge in [0.1, 0.15) is 0 Å². The quantitative estimate of drug-likeness (QED) is 0.762. The Morgan fingerprint density at radius 1 is 1.44 bits per heavy atom. The number of halogens is 1. The topological polar surface area (TPSA) is 70.9 Å². The van der Waals surface area contributed by atoms with Crippen molar-refractivity contribution in [2.24, 2.45) is 0 Å². The lowest BCUT2D eigenvalue weighted by atomic mass is 10.4. The van der Waals surface area contributed by atoms with E-state index in [1.54, 1.807) is 0 Å². The molecular formula is C9H15ClN4OS. The number of thioether (sulfide) groups is 1. The number of nitrogens with zero attached hydrogens (tertiary/aromatic N) is 3. The normalized spacial score (nSPS) is 12.5. The Balaban J connectivity index is 2.71. The second-order valence-electron chi connectivity index (χ2n) is 3.18. The van der Waals surface area contributed by atoms with Crippen molar-refractivity contribution in [3.8, 4) is 0 Å². The lowest BCUT2D eigenvalue weighted by molar-refractivity contribution is 0.289. The molecule has 1 heterocycles. The van der Waals surface area contributed by atoms with Crippen LogP contribution >= 0.6 is 23.4 Å². The van der Waals surface area contributed by atoms with E-state index in [4.69, 9.17) is 16.7 Å². The molecule has 90 valence electrons. The molecule has 0 saturated carbocycles. The van der Waals surface area contributed by atoms with E-state index in [-0.39, 0.29) is 17.1 Å². The van der Waals surface area contributed by atoms with Crippen molar-refractivity contribution in [2.45, 2.75) is 30.7 Å². The maximum absolute atomic E-state index is 8.80. The summed E-state index contributed by atoms with van der Waals surface area (Å²) in [6, 6.07) is 0. The summed E-state index contributed by atoms with van der Waals surface area (Å²) in [7, 11) is 0. The number of aromatic nitrogens is 3. The van der Waals surface area contributed by atoms with E-state index in [1.807, 2.05) is 13.8 Å². The van der Waals surface area contributed by atoms with Crippen LogP contribution in [0, 0.1) is 0 Å². The number of aliphatic hydroxyl groups excluding tert-OH is 1. The Labute approximate surface area is 104 Å². The Morgan fingerprint density at radius 2 is 2.19 bits per heavy atom. The highest BCUT2D eigenvalue weighted by Gasteiger charge is 2.09. The van der Waals surface area contributed by atoms with Crippen LogP contribution < -0.4 is 5.32 Å². The largest absolute Gasteiger partial charge is 0.396 e. The first-order valence-corrected chi connectivity index (χ1v) is 6.34. The van der Waals surface area contributed by atoms with Crippen LogP contribution in [0.1, 0.15) is 20.3 Å². The Morgan fingerprint density at radius 3 is 2.81 bits per heavy atom. The molecule has 2 N–H and O–H groups in total. The summed E-state index contributed by atoms with van der Waals surface area (Å²) in [6.07, 6.45) is 0.699. The van der Waals surface area contributed by atoms with Crippen LogP contribution in [0.3, 0.4) is 0 Å². The Bertz CT molecular complexity index is 339. The molecule has 7 heteroatoms. The van der Waals surface area contributed by atoms with E-state index in [1.165, 1.54) is 11.8 Å². The van der Waals surface area contributed by atoms with Crippen LogP contribution in [-0.4, -0.2) is 38.5 Å². The van der Waals surface area contributed by atoms with Gasteiger partial charge in [-0.3, -0.25) is 0 Å². The molecule has 0 amide bonds. The van der Waals surface area contributed by atoms with Gasteiger partial charge in [0.15, 0.2) is 5.16 Å². The molecule has 0 aliphatic heterocycles. The zero-order chi connectivity index (χ0) is 12.0. The predicted molar refractivity (Wildman–Crippen MR) is 66.0 cm³/mol. The fourth-order valence-corrected chi connectivity index (χ4v) is 2.11. The number of aliphatic hydroxyl groups is 1. The first-order chi connectivity index (χ1) is 7.65. The molecule has 0 radical (unpaired) electrons. The summed E-state index contributed by atoms with van der Waals surface area (Å²) in [5, 5.41) is 12.8. The van der Waals surface area contributed by atoms with Gasteiger partial charge in [0.2, 0.25) is 11.2 Å². The van der Waals surface area contributed by atoms with E-state index in [0.717, 1.165) is 6.54 Å². The molecule has 1 atom stereocenters. The van der Waals surface area contributed by atoms with Gasteiger partial charge in [-0.25, -0.2) is 0 Å². The third-order valence-corrected chi connectivity index (χ3v) is 2.97. The molecule has 0 spiro atoms. The van der Waals surface area contributed by atoms with Crippen molar-refractivity contribution in [1.29, 1.82) is 0 Å². The minimum Gasteiger partial charge on any atom is -0.396 e. The number of anilines is 1. The predicted octanol–water partition coefficient (Wildman–Crippen LogP) is 1.82. The second-order valence-corrected chi connectivity index (χ2v) is 4.93. The highest BCUT2D eigenvalue weighted by atomic mass is 35.5. The first-order valence-electron chi connectivity index (χ1n) is 5.08. The van der Waals surface area contributed by atoms with Crippen molar-refractivity contribution < 1.29 is 5.11 Å². The third-order valence-electron chi connectivity index (χ3n) is 1.76.